The fourth-order valence-corrected chi connectivity index (χ4v) is 3.02. The summed E-state index contributed by atoms with van der Waals surface area (Å²) in [6.07, 6.45) is 7.55. The second-order valence-corrected chi connectivity index (χ2v) is 5.31. The van der Waals surface area contributed by atoms with Gasteiger partial charge in [0.15, 0.2) is 5.65 Å². The first-order valence-corrected chi connectivity index (χ1v) is 7.01. The molecule has 0 unspecified atom stereocenters. The number of ether oxygens (including phenoxy) is 1. The highest BCUT2D eigenvalue weighted by atomic mass is 16.5. The molecular formula is C13H21N5O. The number of rotatable bonds is 3. The quantitative estimate of drug-likeness (QED) is 0.833. The van der Waals surface area contributed by atoms with E-state index >= 15 is 0 Å². The van der Waals surface area contributed by atoms with Crippen LogP contribution in [0, 0.1) is 0 Å². The van der Waals surface area contributed by atoms with Crippen molar-refractivity contribution in [1.82, 2.24) is 20.0 Å². The van der Waals surface area contributed by atoms with Crippen LogP contribution in [0.3, 0.4) is 0 Å². The molecule has 1 fully saturated rings. The molecule has 0 radical (unpaired) electrons. The van der Waals surface area contributed by atoms with Gasteiger partial charge in [-0.15, -0.1) is 0 Å². The van der Waals surface area contributed by atoms with Crippen LogP contribution in [0.15, 0.2) is 0 Å². The van der Waals surface area contributed by atoms with Gasteiger partial charge in [-0.1, -0.05) is 25.7 Å². The van der Waals surface area contributed by atoms with Gasteiger partial charge in [-0.2, -0.15) is 10.2 Å². The van der Waals surface area contributed by atoms with E-state index in [1.807, 2.05) is 0 Å². The fraction of sp³-hybridized carbons (Fsp3) is 0.692. The smallest absolute Gasteiger partial charge is 0.182 e. The number of methoxy groups -OCH3 is 1. The maximum absolute atomic E-state index is 5.95. The molecule has 2 aromatic heterocycles. The lowest BCUT2D eigenvalue weighted by Crippen LogP contribution is -2.10. The van der Waals surface area contributed by atoms with Crippen molar-refractivity contribution in [3.05, 3.63) is 5.69 Å². The van der Waals surface area contributed by atoms with Crippen LogP contribution >= 0.6 is 0 Å². The van der Waals surface area contributed by atoms with Crippen molar-refractivity contribution in [2.24, 2.45) is 0 Å². The molecule has 1 aliphatic rings. The number of nitrogens with two attached hydrogens (primary N) is 1. The van der Waals surface area contributed by atoms with Crippen molar-refractivity contribution in [1.29, 1.82) is 0 Å². The van der Waals surface area contributed by atoms with Gasteiger partial charge in [-0.05, 0) is 12.8 Å². The Balaban J connectivity index is 2.02. The van der Waals surface area contributed by atoms with E-state index in [2.05, 4.69) is 14.9 Å². The molecular weight excluding hydrogens is 242 g/mol. The van der Waals surface area contributed by atoms with E-state index in [1.54, 1.807) is 7.11 Å². The van der Waals surface area contributed by atoms with Crippen molar-refractivity contribution < 1.29 is 4.74 Å². The molecule has 0 spiro atoms. The van der Waals surface area contributed by atoms with E-state index < -0.39 is 0 Å². The van der Waals surface area contributed by atoms with E-state index in [0.717, 1.165) is 16.7 Å². The number of hydrogen-bond donors (Lipinski definition) is 2. The Morgan fingerprint density at radius 3 is 2.74 bits per heavy atom. The van der Waals surface area contributed by atoms with Crippen LogP contribution in [0.25, 0.3) is 11.0 Å². The number of H-pyrrole nitrogens is 1. The van der Waals surface area contributed by atoms with E-state index in [0.29, 0.717) is 18.5 Å². The lowest BCUT2D eigenvalue weighted by molar-refractivity contribution is 0.181. The van der Waals surface area contributed by atoms with E-state index in [9.17, 15) is 0 Å². The Kier molecular flexibility index (Phi) is 3.42. The maximum atomic E-state index is 5.95. The third-order valence-corrected chi connectivity index (χ3v) is 3.96. The largest absolute Gasteiger partial charge is 0.383 e. The highest BCUT2D eigenvalue weighted by Gasteiger charge is 2.22. The van der Waals surface area contributed by atoms with E-state index in [-0.39, 0.29) is 0 Å². The number of fused-ring (bicyclic) bond motifs is 1. The van der Waals surface area contributed by atoms with Gasteiger partial charge in [0, 0.05) is 7.11 Å². The summed E-state index contributed by atoms with van der Waals surface area (Å²) in [4.78, 5) is 0. The average Bonchev–Trinajstić information content (AvgIpc) is 2.81. The molecule has 2 heterocycles. The summed E-state index contributed by atoms with van der Waals surface area (Å²) in [6, 6.07) is 0.443. The number of nitrogens with one attached hydrogen (secondary N) is 1. The summed E-state index contributed by atoms with van der Waals surface area (Å²) in [7, 11) is 1.67. The van der Waals surface area contributed by atoms with Crippen LogP contribution in [-0.2, 0) is 11.3 Å². The fourth-order valence-electron chi connectivity index (χ4n) is 3.02. The first-order chi connectivity index (χ1) is 9.31. The van der Waals surface area contributed by atoms with Gasteiger partial charge in [0.2, 0.25) is 0 Å². The molecule has 6 nitrogen and oxygen atoms in total. The molecule has 19 heavy (non-hydrogen) atoms. The predicted octanol–water partition coefficient (Wildman–Crippen LogP) is 2.38. The minimum absolute atomic E-state index is 0.443. The minimum atomic E-state index is 0.443. The highest BCUT2D eigenvalue weighted by molar-refractivity contribution is 5.88. The summed E-state index contributed by atoms with van der Waals surface area (Å²) in [6.45, 7) is 0.472. The van der Waals surface area contributed by atoms with Crippen LogP contribution in [0.4, 0.5) is 5.82 Å². The number of aromatic nitrogens is 4. The number of aromatic amines is 1. The standard InChI is InChI=1S/C13H21N5O/c1-19-8-10-11-12(14)15-16-13(11)18(17-10)9-6-4-2-3-5-7-9/h9H,2-8H2,1H3,(H3,14,15,16). The molecule has 0 saturated heterocycles. The van der Waals surface area contributed by atoms with Gasteiger partial charge in [-0.3, -0.25) is 5.10 Å². The Morgan fingerprint density at radius 2 is 2.05 bits per heavy atom. The van der Waals surface area contributed by atoms with Gasteiger partial charge in [0.05, 0.1) is 18.0 Å². The number of nitrogens with zero attached hydrogens (tertiary/aromatic N) is 3. The van der Waals surface area contributed by atoms with Crippen LogP contribution in [0.5, 0.6) is 0 Å². The topological polar surface area (TPSA) is 81.8 Å². The van der Waals surface area contributed by atoms with E-state index in [4.69, 9.17) is 15.6 Å². The Bertz CT molecular complexity index is 551. The highest BCUT2D eigenvalue weighted by Crippen LogP contribution is 2.31. The first kappa shape index (κ1) is 12.5. The summed E-state index contributed by atoms with van der Waals surface area (Å²) >= 11 is 0. The first-order valence-electron chi connectivity index (χ1n) is 7.01. The van der Waals surface area contributed by atoms with Crippen molar-refractivity contribution in [2.45, 2.75) is 51.2 Å². The van der Waals surface area contributed by atoms with Crippen LogP contribution in [-0.4, -0.2) is 27.1 Å². The molecule has 3 rings (SSSR count). The van der Waals surface area contributed by atoms with Crippen LogP contribution in [0.1, 0.15) is 50.3 Å². The van der Waals surface area contributed by atoms with Gasteiger partial charge in [-0.25, -0.2) is 4.68 Å². The average molecular weight is 263 g/mol. The molecule has 3 N–H and O–H groups in total. The van der Waals surface area contributed by atoms with Gasteiger partial charge in [0.1, 0.15) is 11.5 Å². The summed E-state index contributed by atoms with van der Waals surface area (Å²) < 4.78 is 7.27. The molecule has 0 amide bonds. The second kappa shape index (κ2) is 5.21. The van der Waals surface area contributed by atoms with Gasteiger partial charge < -0.3 is 10.5 Å². The zero-order chi connectivity index (χ0) is 13.2. The molecule has 1 aliphatic carbocycles. The third kappa shape index (κ3) is 2.20. The van der Waals surface area contributed by atoms with E-state index in [1.165, 1.54) is 38.5 Å². The van der Waals surface area contributed by atoms with Gasteiger partial charge >= 0.3 is 0 Å². The minimum Gasteiger partial charge on any atom is -0.383 e. The molecule has 0 aromatic carbocycles. The maximum Gasteiger partial charge on any atom is 0.182 e. The molecule has 104 valence electrons. The lowest BCUT2D eigenvalue weighted by Gasteiger charge is -2.14. The normalized spacial score (nSPS) is 17.9. The number of nitrogen functional groups attached to an aromatic ring is 1. The second-order valence-electron chi connectivity index (χ2n) is 5.31. The zero-order valence-corrected chi connectivity index (χ0v) is 11.4. The summed E-state index contributed by atoms with van der Waals surface area (Å²) in [5, 5.41) is 12.8. The molecule has 6 heteroatoms. The predicted molar refractivity (Wildman–Crippen MR) is 73.7 cm³/mol. The molecule has 0 aliphatic heterocycles. The number of hydrogen-bond acceptors (Lipinski definition) is 4. The van der Waals surface area contributed by atoms with Crippen molar-refractivity contribution >= 4 is 16.9 Å². The summed E-state index contributed by atoms with van der Waals surface area (Å²) in [5.74, 6) is 0.585. The van der Waals surface area contributed by atoms with Crippen LogP contribution < -0.4 is 5.73 Å². The molecule has 0 atom stereocenters. The Hall–Kier alpha value is -1.56. The monoisotopic (exact) mass is 263 g/mol. The van der Waals surface area contributed by atoms with Gasteiger partial charge in [0.25, 0.3) is 0 Å². The lowest BCUT2D eigenvalue weighted by atomic mass is 10.1. The van der Waals surface area contributed by atoms with Crippen molar-refractivity contribution in [3.63, 3.8) is 0 Å². The molecule has 0 bridgehead atoms. The summed E-state index contributed by atoms with van der Waals surface area (Å²) in [5.41, 5.74) is 7.71. The van der Waals surface area contributed by atoms with Crippen molar-refractivity contribution in [2.75, 3.05) is 12.8 Å². The Labute approximate surface area is 112 Å². The molecule has 2 aromatic rings. The molecule has 1 saturated carbocycles. The van der Waals surface area contributed by atoms with Crippen LogP contribution in [0.2, 0.25) is 0 Å². The number of anilines is 1. The Morgan fingerprint density at radius 1 is 1.32 bits per heavy atom. The zero-order valence-electron chi connectivity index (χ0n) is 11.4. The third-order valence-electron chi connectivity index (χ3n) is 3.96. The SMILES string of the molecule is COCc1nn(C2CCCCCC2)c2n[nH]c(N)c12. The van der Waals surface area contributed by atoms with Crippen molar-refractivity contribution in [3.8, 4) is 0 Å².